The third kappa shape index (κ3) is 4.41. The Bertz CT molecular complexity index is 344. The molecular weight excluding hydrogens is 266 g/mol. The Morgan fingerprint density at radius 3 is 3.14 bits per heavy atom. The maximum Gasteiger partial charge on any atom is 0.220 e. The van der Waals surface area contributed by atoms with Crippen LogP contribution in [-0.2, 0) is 9.53 Å². The van der Waals surface area contributed by atoms with Gasteiger partial charge >= 0.3 is 0 Å². The first-order valence-electron chi connectivity index (χ1n) is 8.64. The SMILES string of the molecule is O=C(CCC1CCCNC1)NCC1CN2CCCC2CO1. The Labute approximate surface area is 127 Å². The van der Waals surface area contributed by atoms with E-state index in [1.807, 2.05) is 0 Å². The Kier molecular flexibility index (Phi) is 5.49. The van der Waals surface area contributed by atoms with E-state index in [2.05, 4.69) is 15.5 Å². The van der Waals surface area contributed by atoms with Crippen molar-refractivity contribution >= 4 is 5.91 Å². The van der Waals surface area contributed by atoms with Gasteiger partial charge in [-0.3, -0.25) is 9.69 Å². The van der Waals surface area contributed by atoms with Gasteiger partial charge in [-0.05, 0) is 57.7 Å². The molecule has 120 valence electrons. The van der Waals surface area contributed by atoms with Crippen LogP contribution >= 0.6 is 0 Å². The number of morpholine rings is 1. The number of fused-ring (bicyclic) bond motifs is 1. The highest BCUT2D eigenvalue weighted by Crippen LogP contribution is 2.22. The van der Waals surface area contributed by atoms with Crippen LogP contribution in [0.5, 0.6) is 0 Å². The number of carbonyl (C=O) groups excluding carboxylic acids is 1. The van der Waals surface area contributed by atoms with E-state index in [1.165, 1.54) is 32.2 Å². The lowest BCUT2D eigenvalue weighted by atomic mass is 9.94. The summed E-state index contributed by atoms with van der Waals surface area (Å²) in [7, 11) is 0. The van der Waals surface area contributed by atoms with Gasteiger partial charge in [0.15, 0.2) is 0 Å². The minimum absolute atomic E-state index is 0.180. The molecule has 1 amide bonds. The van der Waals surface area contributed by atoms with Gasteiger partial charge in [-0.1, -0.05) is 0 Å². The summed E-state index contributed by atoms with van der Waals surface area (Å²) in [6.45, 7) is 5.92. The molecule has 3 aliphatic rings. The van der Waals surface area contributed by atoms with Crippen LogP contribution < -0.4 is 10.6 Å². The molecule has 5 nitrogen and oxygen atoms in total. The van der Waals surface area contributed by atoms with E-state index in [0.29, 0.717) is 24.9 Å². The van der Waals surface area contributed by atoms with Crippen LogP contribution in [0.3, 0.4) is 0 Å². The average Bonchev–Trinajstić information content (AvgIpc) is 2.99. The molecule has 0 saturated carbocycles. The fraction of sp³-hybridized carbons (Fsp3) is 0.938. The van der Waals surface area contributed by atoms with Crippen molar-refractivity contribution in [2.24, 2.45) is 5.92 Å². The standard InChI is InChI=1S/C16H29N3O2/c20-16(6-5-13-3-1-7-17-9-13)18-10-15-11-19-8-2-4-14(19)12-21-15/h13-15,17H,1-12H2,(H,18,20). The zero-order valence-corrected chi connectivity index (χ0v) is 13.0. The first-order chi connectivity index (χ1) is 10.3. The van der Waals surface area contributed by atoms with Crippen LogP contribution in [0.25, 0.3) is 0 Å². The number of hydrogen-bond acceptors (Lipinski definition) is 4. The minimum atomic E-state index is 0.180. The Morgan fingerprint density at radius 1 is 1.33 bits per heavy atom. The molecule has 3 atom stereocenters. The second kappa shape index (κ2) is 7.56. The van der Waals surface area contributed by atoms with E-state index >= 15 is 0 Å². The molecule has 0 aromatic heterocycles. The van der Waals surface area contributed by atoms with E-state index in [4.69, 9.17) is 4.74 Å². The predicted molar refractivity (Wildman–Crippen MR) is 82.2 cm³/mol. The van der Waals surface area contributed by atoms with Crippen molar-refractivity contribution in [2.45, 2.75) is 50.7 Å². The van der Waals surface area contributed by atoms with Crippen LogP contribution in [0.15, 0.2) is 0 Å². The van der Waals surface area contributed by atoms with Gasteiger partial charge in [-0.15, -0.1) is 0 Å². The first-order valence-corrected chi connectivity index (χ1v) is 8.64. The van der Waals surface area contributed by atoms with Crippen LogP contribution in [0.4, 0.5) is 0 Å². The van der Waals surface area contributed by atoms with Gasteiger partial charge in [0.1, 0.15) is 0 Å². The van der Waals surface area contributed by atoms with Gasteiger partial charge in [0, 0.05) is 25.6 Å². The van der Waals surface area contributed by atoms with Crippen molar-refractivity contribution in [3.8, 4) is 0 Å². The molecule has 3 aliphatic heterocycles. The zero-order valence-electron chi connectivity index (χ0n) is 13.0. The largest absolute Gasteiger partial charge is 0.373 e. The highest BCUT2D eigenvalue weighted by molar-refractivity contribution is 5.75. The van der Waals surface area contributed by atoms with Crippen molar-refractivity contribution in [1.82, 2.24) is 15.5 Å². The second-order valence-electron chi connectivity index (χ2n) is 6.80. The summed E-state index contributed by atoms with van der Waals surface area (Å²) in [6, 6.07) is 0.635. The molecule has 21 heavy (non-hydrogen) atoms. The first kappa shape index (κ1) is 15.3. The van der Waals surface area contributed by atoms with Gasteiger partial charge in [0.25, 0.3) is 0 Å². The number of amides is 1. The van der Waals surface area contributed by atoms with E-state index in [1.54, 1.807) is 0 Å². The summed E-state index contributed by atoms with van der Waals surface area (Å²) in [4.78, 5) is 14.5. The van der Waals surface area contributed by atoms with Crippen molar-refractivity contribution in [2.75, 3.05) is 39.3 Å². The normalized spacial score (nSPS) is 33.6. The Hall–Kier alpha value is -0.650. The van der Waals surface area contributed by atoms with Crippen LogP contribution in [-0.4, -0.2) is 62.3 Å². The fourth-order valence-electron chi connectivity index (χ4n) is 3.83. The van der Waals surface area contributed by atoms with Gasteiger partial charge in [-0.2, -0.15) is 0 Å². The molecule has 2 N–H and O–H groups in total. The number of nitrogens with zero attached hydrogens (tertiary/aromatic N) is 1. The number of rotatable bonds is 5. The maximum atomic E-state index is 12.0. The third-order valence-electron chi connectivity index (χ3n) is 5.17. The molecule has 3 unspecified atom stereocenters. The summed E-state index contributed by atoms with van der Waals surface area (Å²) < 4.78 is 5.87. The van der Waals surface area contributed by atoms with Crippen molar-refractivity contribution in [1.29, 1.82) is 0 Å². The van der Waals surface area contributed by atoms with Crippen molar-refractivity contribution in [3.05, 3.63) is 0 Å². The predicted octanol–water partition coefficient (Wildman–Crippen LogP) is 0.746. The van der Waals surface area contributed by atoms with E-state index in [-0.39, 0.29) is 12.0 Å². The quantitative estimate of drug-likeness (QED) is 0.786. The van der Waals surface area contributed by atoms with Crippen LogP contribution in [0.2, 0.25) is 0 Å². The van der Waals surface area contributed by atoms with Gasteiger partial charge in [0.05, 0.1) is 12.7 Å². The zero-order chi connectivity index (χ0) is 14.5. The van der Waals surface area contributed by atoms with E-state index in [0.717, 1.165) is 32.7 Å². The summed E-state index contributed by atoms with van der Waals surface area (Å²) in [5.74, 6) is 0.869. The molecule has 3 rings (SSSR count). The average molecular weight is 295 g/mol. The van der Waals surface area contributed by atoms with Crippen LogP contribution in [0, 0.1) is 5.92 Å². The van der Waals surface area contributed by atoms with Crippen LogP contribution in [0.1, 0.15) is 38.5 Å². The second-order valence-corrected chi connectivity index (χ2v) is 6.80. The molecule has 0 aromatic carbocycles. The van der Waals surface area contributed by atoms with E-state index < -0.39 is 0 Å². The van der Waals surface area contributed by atoms with Crippen molar-refractivity contribution < 1.29 is 9.53 Å². The third-order valence-corrected chi connectivity index (χ3v) is 5.17. The number of nitrogens with one attached hydrogen (secondary N) is 2. The highest BCUT2D eigenvalue weighted by atomic mass is 16.5. The molecule has 0 radical (unpaired) electrons. The number of hydrogen-bond donors (Lipinski definition) is 2. The van der Waals surface area contributed by atoms with Gasteiger partial charge in [0.2, 0.25) is 5.91 Å². The number of piperidine rings is 1. The van der Waals surface area contributed by atoms with Crippen molar-refractivity contribution in [3.63, 3.8) is 0 Å². The minimum Gasteiger partial charge on any atom is -0.373 e. The molecule has 0 aromatic rings. The molecule has 5 heteroatoms. The molecule has 3 saturated heterocycles. The molecule has 0 spiro atoms. The number of ether oxygens (including phenoxy) is 1. The monoisotopic (exact) mass is 295 g/mol. The highest BCUT2D eigenvalue weighted by Gasteiger charge is 2.32. The van der Waals surface area contributed by atoms with E-state index in [9.17, 15) is 4.79 Å². The lowest BCUT2D eigenvalue weighted by Crippen LogP contribution is -2.50. The lowest BCUT2D eigenvalue weighted by Gasteiger charge is -2.35. The topological polar surface area (TPSA) is 53.6 Å². The smallest absolute Gasteiger partial charge is 0.220 e. The summed E-state index contributed by atoms with van der Waals surface area (Å²) in [5, 5.41) is 6.47. The maximum absolute atomic E-state index is 12.0. The Balaban J connectivity index is 1.30. The molecule has 0 bridgehead atoms. The molecular formula is C16H29N3O2. The number of carbonyl (C=O) groups is 1. The Morgan fingerprint density at radius 2 is 2.29 bits per heavy atom. The molecule has 0 aliphatic carbocycles. The summed E-state index contributed by atoms with van der Waals surface area (Å²) in [6.07, 6.45) is 6.93. The molecule has 3 fully saturated rings. The summed E-state index contributed by atoms with van der Waals surface area (Å²) >= 11 is 0. The molecule has 3 heterocycles. The fourth-order valence-corrected chi connectivity index (χ4v) is 3.83. The lowest BCUT2D eigenvalue weighted by molar-refractivity contribution is -0.122. The van der Waals surface area contributed by atoms with Gasteiger partial charge < -0.3 is 15.4 Å². The summed E-state index contributed by atoms with van der Waals surface area (Å²) in [5.41, 5.74) is 0. The van der Waals surface area contributed by atoms with Gasteiger partial charge in [-0.25, -0.2) is 0 Å².